The quantitative estimate of drug-likeness (QED) is 0.118. The maximum absolute atomic E-state index is 12.6. The minimum atomic E-state index is -1.98. The molecule has 240 valence electrons. The van der Waals surface area contributed by atoms with Gasteiger partial charge in [0.25, 0.3) is 0 Å². The number of nitrogens with zero attached hydrogens (tertiary/aromatic N) is 2. The highest BCUT2D eigenvalue weighted by atomic mass is 35.5. The molecule has 2 heterocycles. The van der Waals surface area contributed by atoms with Gasteiger partial charge in [-0.15, -0.1) is 0 Å². The Morgan fingerprint density at radius 3 is 2.73 bits per heavy atom. The molecule has 3 aliphatic rings. The van der Waals surface area contributed by atoms with Gasteiger partial charge in [0.15, 0.2) is 8.32 Å². The number of anilines is 1. The number of esters is 1. The Balaban J connectivity index is 1.49. The topological polar surface area (TPSA) is 60.9 Å². The molecule has 1 fully saturated rings. The Morgan fingerprint density at radius 2 is 2.05 bits per heavy atom. The normalized spacial score (nSPS) is 24.2. The number of pyridine rings is 1. The lowest BCUT2D eigenvalue weighted by Crippen LogP contribution is -2.52. The van der Waals surface area contributed by atoms with Crippen LogP contribution in [0, 0.1) is 11.8 Å². The lowest BCUT2D eigenvalue weighted by atomic mass is 9.69. The summed E-state index contributed by atoms with van der Waals surface area (Å²) < 4.78 is 18.8. The number of halogens is 1. The molecule has 2 aliphatic carbocycles. The Bertz CT molecular complexity index is 1370. The van der Waals surface area contributed by atoms with Crippen molar-refractivity contribution < 1.29 is 18.7 Å². The molecule has 4 atom stereocenters. The van der Waals surface area contributed by atoms with Crippen molar-refractivity contribution in [1.29, 1.82) is 0 Å². The average Bonchev–Trinajstić information content (AvgIpc) is 3.11. The van der Waals surface area contributed by atoms with Gasteiger partial charge in [-0.2, -0.15) is 0 Å². The number of carbonyl (C=O) groups excluding carboxylic acids is 1. The predicted octanol–water partition coefficient (Wildman–Crippen LogP) is 8.77. The Hall–Kier alpha value is -2.35. The van der Waals surface area contributed by atoms with Crippen molar-refractivity contribution in [3.05, 3.63) is 64.5 Å². The standard InChI is InChI=1S/C36H51ClN2O4Si/c1-8-9-10-13-31(43-44(6,7)35(2,3)4)27-16-14-26(27)22-39-23-36(20-11-12-29-28(36)17-19-33(37)38-29)24-42-32-18-15-25(21-30(32)39)34(40)41-5/h10,13,15,17-19,21,26-27,31H,8-9,11-12,14,16,20,22-24H2,1-7H3/b13-10+/t26-,27+,31?,36-/m0/s1. The molecule has 1 aromatic carbocycles. The summed E-state index contributed by atoms with van der Waals surface area (Å²) in [7, 11) is -0.543. The molecule has 1 saturated carbocycles. The predicted molar refractivity (Wildman–Crippen MR) is 182 cm³/mol. The lowest BCUT2D eigenvalue weighted by molar-refractivity contribution is 0.0524. The van der Waals surface area contributed by atoms with Crippen LogP contribution in [0.1, 0.15) is 87.8 Å². The minimum absolute atomic E-state index is 0.112. The summed E-state index contributed by atoms with van der Waals surface area (Å²) in [5, 5.41) is 0.686. The van der Waals surface area contributed by atoms with Crippen molar-refractivity contribution in [2.75, 3.05) is 31.7 Å². The second-order valence-electron chi connectivity index (χ2n) is 14.7. The molecular weight excluding hydrogens is 588 g/mol. The van der Waals surface area contributed by atoms with E-state index in [1.54, 1.807) is 0 Å². The number of unbranched alkanes of at least 4 members (excludes halogenated alkanes) is 1. The number of carbonyl (C=O) groups is 1. The van der Waals surface area contributed by atoms with E-state index in [9.17, 15) is 4.79 Å². The van der Waals surface area contributed by atoms with E-state index < -0.39 is 8.32 Å². The van der Waals surface area contributed by atoms with E-state index in [2.05, 4.69) is 63.9 Å². The van der Waals surface area contributed by atoms with Gasteiger partial charge in [-0.25, -0.2) is 9.78 Å². The van der Waals surface area contributed by atoms with E-state index in [1.165, 1.54) is 12.7 Å². The van der Waals surface area contributed by atoms with Gasteiger partial charge < -0.3 is 18.8 Å². The zero-order valence-electron chi connectivity index (χ0n) is 27.7. The summed E-state index contributed by atoms with van der Waals surface area (Å²) in [6, 6.07) is 9.79. The second kappa shape index (κ2) is 13.2. The van der Waals surface area contributed by atoms with Crippen LogP contribution in [0.4, 0.5) is 5.69 Å². The maximum Gasteiger partial charge on any atom is 0.337 e. The number of benzene rings is 1. The number of aromatic nitrogens is 1. The molecule has 44 heavy (non-hydrogen) atoms. The molecular formula is C36H51ClN2O4Si. The number of hydrogen-bond acceptors (Lipinski definition) is 6. The summed E-state index contributed by atoms with van der Waals surface area (Å²) in [5.41, 5.74) is 3.62. The highest BCUT2D eigenvalue weighted by Gasteiger charge is 2.47. The van der Waals surface area contributed by atoms with E-state index >= 15 is 0 Å². The molecule has 0 bridgehead atoms. The first kappa shape index (κ1) is 33.0. The molecule has 8 heteroatoms. The van der Waals surface area contributed by atoms with Gasteiger partial charge in [0, 0.05) is 24.2 Å². The molecule has 1 spiro atoms. The Kier molecular flexibility index (Phi) is 9.89. The Labute approximate surface area is 270 Å². The molecule has 0 N–H and O–H groups in total. The highest BCUT2D eigenvalue weighted by molar-refractivity contribution is 6.74. The van der Waals surface area contributed by atoms with Gasteiger partial charge in [-0.05, 0) is 98.3 Å². The molecule has 5 rings (SSSR count). The van der Waals surface area contributed by atoms with Crippen LogP contribution in [-0.2, 0) is 21.0 Å². The first-order valence-corrected chi connectivity index (χ1v) is 19.8. The monoisotopic (exact) mass is 638 g/mol. The van der Waals surface area contributed by atoms with Gasteiger partial charge >= 0.3 is 5.97 Å². The molecule has 1 aliphatic heterocycles. The molecule has 0 radical (unpaired) electrons. The second-order valence-corrected chi connectivity index (χ2v) is 19.8. The fourth-order valence-corrected chi connectivity index (χ4v) is 8.37. The zero-order chi connectivity index (χ0) is 31.7. The van der Waals surface area contributed by atoms with Crippen LogP contribution in [-0.4, -0.2) is 52.2 Å². The summed E-state index contributed by atoms with van der Waals surface area (Å²) >= 11 is 6.35. The van der Waals surface area contributed by atoms with E-state index in [0.29, 0.717) is 29.2 Å². The molecule has 1 aromatic heterocycles. The fourth-order valence-electron chi connectivity index (χ4n) is 6.92. The molecule has 1 unspecified atom stereocenters. The number of ether oxygens (including phenoxy) is 2. The first-order valence-electron chi connectivity index (χ1n) is 16.5. The number of fused-ring (bicyclic) bond motifs is 3. The van der Waals surface area contributed by atoms with Gasteiger partial charge in [-0.1, -0.05) is 63.9 Å². The summed E-state index contributed by atoms with van der Waals surface area (Å²) in [6.07, 6.45) is 12.3. The largest absolute Gasteiger partial charge is 0.490 e. The van der Waals surface area contributed by atoms with E-state index in [0.717, 1.165) is 75.2 Å². The zero-order valence-corrected chi connectivity index (χ0v) is 29.5. The van der Waals surface area contributed by atoms with Crippen LogP contribution in [0.15, 0.2) is 42.5 Å². The van der Waals surface area contributed by atoms with Crippen molar-refractivity contribution in [2.45, 2.75) is 102 Å². The van der Waals surface area contributed by atoms with E-state index in [4.69, 9.17) is 30.5 Å². The van der Waals surface area contributed by atoms with Crippen LogP contribution in [0.3, 0.4) is 0 Å². The highest BCUT2D eigenvalue weighted by Crippen LogP contribution is 2.48. The van der Waals surface area contributed by atoms with E-state index in [1.807, 2.05) is 24.3 Å². The summed E-state index contributed by atoms with van der Waals surface area (Å²) in [5.74, 6) is 1.39. The first-order chi connectivity index (χ1) is 20.9. The molecule has 0 amide bonds. The number of hydrogen-bond donors (Lipinski definition) is 0. The van der Waals surface area contributed by atoms with Crippen LogP contribution < -0.4 is 9.64 Å². The number of methoxy groups -OCH3 is 1. The number of allylic oxidation sites excluding steroid dienone is 1. The smallest absolute Gasteiger partial charge is 0.337 e. The Morgan fingerprint density at radius 1 is 1.25 bits per heavy atom. The third-order valence-electron chi connectivity index (χ3n) is 10.7. The van der Waals surface area contributed by atoms with Crippen molar-refractivity contribution in [2.24, 2.45) is 11.8 Å². The average molecular weight is 639 g/mol. The van der Waals surface area contributed by atoms with Crippen molar-refractivity contribution in [1.82, 2.24) is 4.98 Å². The van der Waals surface area contributed by atoms with E-state index in [-0.39, 0.29) is 22.5 Å². The van der Waals surface area contributed by atoms with Crippen LogP contribution >= 0.6 is 11.6 Å². The molecule has 0 saturated heterocycles. The molecule has 6 nitrogen and oxygen atoms in total. The summed E-state index contributed by atoms with van der Waals surface area (Å²) in [4.78, 5) is 19.9. The van der Waals surface area contributed by atoms with Crippen LogP contribution in [0.25, 0.3) is 0 Å². The third-order valence-corrected chi connectivity index (χ3v) is 15.4. The maximum atomic E-state index is 12.6. The van der Waals surface area contributed by atoms with Crippen molar-refractivity contribution >= 4 is 31.6 Å². The lowest BCUT2D eigenvalue weighted by Gasteiger charge is -2.48. The SMILES string of the molecule is CCC/C=C/C(O[Si](C)(C)C(C)(C)C)[C@@H]1CC[C@H]1CN1C[C@@]2(CCCc3nc(Cl)ccc32)COc2ccc(C(=O)OC)cc21. The van der Waals surface area contributed by atoms with Gasteiger partial charge in [0.05, 0.1) is 31.1 Å². The van der Waals surface area contributed by atoms with Crippen molar-refractivity contribution in [3.63, 3.8) is 0 Å². The van der Waals surface area contributed by atoms with Gasteiger partial charge in [-0.3, -0.25) is 0 Å². The van der Waals surface area contributed by atoms with Crippen LogP contribution in [0.5, 0.6) is 5.75 Å². The summed E-state index contributed by atoms with van der Waals surface area (Å²) in [6.45, 7) is 16.2. The number of rotatable bonds is 9. The fraction of sp³-hybridized carbons (Fsp3) is 0.611. The van der Waals surface area contributed by atoms with Crippen molar-refractivity contribution in [3.8, 4) is 5.75 Å². The molecule has 2 aromatic rings. The minimum Gasteiger partial charge on any atom is -0.490 e. The van der Waals surface area contributed by atoms with Gasteiger partial charge in [0.1, 0.15) is 10.9 Å². The third kappa shape index (κ3) is 6.75. The van der Waals surface area contributed by atoms with Crippen LogP contribution in [0.2, 0.25) is 23.3 Å². The van der Waals surface area contributed by atoms with Gasteiger partial charge in [0.2, 0.25) is 0 Å². The number of aryl methyl sites for hydroxylation is 1.